The van der Waals surface area contributed by atoms with E-state index in [4.69, 9.17) is 10.5 Å². The van der Waals surface area contributed by atoms with E-state index in [1.54, 1.807) is 6.26 Å². The van der Waals surface area contributed by atoms with Crippen LogP contribution < -0.4 is 11.1 Å². The zero-order valence-electron chi connectivity index (χ0n) is 9.41. The van der Waals surface area contributed by atoms with Gasteiger partial charge < -0.3 is 15.8 Å². The standard InChI is InChI=1S/C11H21N3O/c1-2-3-7-13-11(12)14-9-10-6-4-5-8-15-10/h5,8,10H,2-4,6-7,9H2,1H3,(H3,12,13,14). The highest BCUT2D eigenvalue weighted by atomic mass is 16.5. The molecule has 1 heterocycles. The number of allylic oxidation sites excluding steroid dienone is 1. The first-order valence-electron chi connectivity index (χ1n) is 5.67. The van der Waals surface area contributed by atoms with Gasteiger partial charge in [0.15, 0.2) is 5.96 Å². The number of aliphatic imine (C=N–C) groups is 1. The summed E-state index contributed by atoms with van der Waals surface area (Å²) in [5.41, 5.74) is 5.70. The molecule has 4 nitrogen and oxygen atoms in total. The fraction of sp³-hybridized carbons (Fsp3) is 0.727. The van der Waals surface area contributed by atoms with E-state index in [9.17, 15) is 0 Å². The smallest absolute Gasteiger partial charge is 0.188 e. The molecule has 0 amide bonds. The molecule has 0 aromatic rings. The number of hydrogen-bond donors (Lipinski definition) is 2. The van der Waals surface area contributed by atoms with E-state index in [2.05, 4.69) is 17.2 Å². The molecular formula is C11H21N3O. The van der Waals surface area contributed by atoms with E-state index in [-0.39, 0.29) is 6.10 Å². The van der Waals surface area contributed by atoms with Crippen molar-refractivity contribution >= 4 is 5.96 Å². The fourth-order valence-corrected chi connectivity index (χ4v) is 1.37. The number of nitrogens with two attached hydrogens (primary N) is 1. The van der Waals surface area contributed by atoms with Crippen LogP contribution in [0.3, 0.4) is 0 Å². The van der Waals surface area contributed by atoms with Crippen molar-refractivity contribution < 1.29 is 4.74 Å². The van der Waals surface area contributed by atoms with Gasteiger partial charge in [0.2, 0.25) is 0 Å². The molecular weight excluding hydrogens is 190 g/mol. The Morgan fingerprint density at radius 2 is 2.53 bits per heavy atom. The summed E-state index contributed by atoms with van der Waals surface area (Å²) in [6.45, 7) is 3.70. The highest BCUT2D eigenvalue weighted by Gasteiger charge is 2.09. The second-order valence-corrected chi connectivity index (χ2v) is 3.71. The van der Waals surface area contributed by atoms with Crippen LogP contribution >= 0.6 is 0 Å². The summed E-state index contributed by atoms with van der Waals surface area (Å²) in [6, 6.07) is 0. The average molecular weight is 211 g/mol. The van der Waals surface area contributed by atoms with Gasteiger partial charge in [0, 0.05) is 6.54 Å². The van der Waals surface area contributed by atoms with Crippen LogP contribution in [-0.2, 0) is 4.74 Å². The Hall–Kier alpha value is -1.19. The summed E-state index contributed by atoms with van der Waals surface area (Å²) >= 11 is 0. The quantitative estimate of drug-likeness (QED) is 0.410. The molecule has 1 unspecified atom stereocenters. The van der Waals surface area contributed by atoms with Crippen LogP contribution in [0.5, 0.6) is 0 Å². The lowest BCUT2D eigenvalue weighted by Gasteiger charge is -2.17. The maximum Gasteiger partial charge on any atom is 0.188 e. The lowest BCUT2D eigenvalue weighted by molar-refractivity contribution is 0.131. The first-order chi connectivity index (χ1) is 7.33. The number of guanidine groups is 1. The van der Waals surface area contributed by atoms with E-state index in [1.807, 2.05) is 6.08 Å². The van der Waals surface area contributed by atoms with E-state index >= 15 is 0 Å². The van der Waals surface area contributed by atoms with Gasteiger partial charge >= 0.3 is 0 Å². The average Bonchev–Trinajstić information content (AvgIpc) is 2.28. The molecule has 0 saturated carbocycles. The number of nitrogens with one attached hydrogen (secondary N) is 1. The summed E-state index contributed by atoms with van der Waals surface area (Å²) in [6.07, 6.45) is 8.37. The predicted octanol–water partition coefficient (Wildman–Crippen LogP) is 1.38. The van der Waals surface area contributed by atoms with Crippen LogP contribution in [0.15, 0.2) is 17.3 Å². The molecule has 0 aromatic carbocycles. The van der Waals surface area contributed by atoms with Crippen LogP contribution in [0.1, 0.15) is 32.6 Å². The molecule has 0 aromatic heterocycles. The van der Waals surface area contributed by atoms with Gasteiger partial charge in [-0.1, -0.05) is 13.3 Å². The van der Waals surface area contributed by atoms with Crippen molar-refractivity contribution in [2.75, 3.05) is 13.1 Å². The summed E-state index contributed by atoms with van der Waals surface area (Å²) in [4.78, 5) is 4.24. The molecule has 0 aliphatic carbocycles. The Labute approximate surface area is 91.6 Å². The molecule has 3 N–H and O–H groups in total. The van der Waals surface area contributed by atoms with Crippen molar-refractivity contribution in [2.45, 2.75) is 38.7 Å². The Kier molecular flexibility index (Phi) is 5.66. The Balaban J connectivity index is 2.15. The van der Waals surface area contributed by atoms with Crippen molar-refractivity contribution in [2.24, 2.45) is 10.7 Å². The zero-order valence-corrected chi connectivity index (χ0v) is 9.41. The Morgan fingerprint density at radius 1 is 1.67 bits per heavy atom. The molecule has 1 atom stereocenters. The second-order valence-electron chi connectivity index (χ2n) is 3.71. The minimum atomic E-state index is 0.196. The third kappa shape index (κ3) is 5.30. The third-order valence-corrected chi connectivity index (χ3v) is 2.32. The van der Waals surface area contributed by atoms with Gasteiger partial charge in [-0.15, -0.1) is 0 Å². The fourth-order valence-electron chi connectivity index (χ4n) is 1.37. The Morgan fingerprint density at radius 3 is 3.20 bits per heavy atom. The van der Waals surface area contributed by atoms with Crippen molar-refractivity contribution in [3.63, 3.8) is 0 Å². The highest BCUT2D eigenvalue weighted by Crippen LogP contribution is 2.09. The van der Waals surface area contributed by atoms with Gasteiger partial charge in [0.05, 0.1) is 12.8 Å². The van der Waals surface area contributed by atoms with Crippen LogP contribution in [0.25, 0.3) is 0 Å². The molecule has 0 bridgehead atoms. The maximum atomic E-state index is 5.70. The Bertz CT molecular complexity index is 226. The maximum absolute atomic E-state index is 5.70. The van der Waals surface area contributed by atoms with Crippen molar-refractivity contribution in [3.05, 3.63) is 12.3 Å². The molecule has 86 valence electrons. The largest absolute Gasteiger partial charge is 0.496 e. The number of unbranched alkanes of at least 4 members (excludes halogenated alkanes) is 1. The van der Waals surface area contributed by atoms with Gasteiger partial charge in [-0.3, -0.25) is 0 Å². The summed E-state index contributed by atoms with van der Waals surface area (Å²) in [7, 11) is 0. The van der Waals surface area contributed by atoms with Gasteiger partial charge in [-0.05, 0) is 25.3 Å². The van der Waals surface area contributed by atoms with E-state index in [0.29, 0.717) is 12.5 Å². The topological polar surface area (TPSA) is 59.6 Å². The lowest BCUT2D eigenvalue weighted by Crippen LogP contribution is -2.33. The van der Waals surface area contributed by atoms with E-state index in [1.165, 1.54) is 0 Å². The second kappa shape index (κ2) is 7.15. The third-order valence-electron chi connectivity index (χ3n) is 2.32. The van der Waals surface area contributed by atoms with Gasteiger partial charge in [0.1, 0.15) is 6.10 Å². The lowest BCUT2D eigenvalue weighted by atomic mass is 10.2. The SMILES string of the molecule is CCCCNC(N)=NCC1CCC=CO1. The van der Waals surface area contributed by atoms with Crippen LogP contribution in [0.4, 0.5) is 0 Å². The normalized spacial score (nSPS) is 21.1. The molecule has 15 heavy (non-hydrogen) atoms. The van der Waals surface area contributed by atoms with Gasteiger partial charge in [-0.25, -0.2) is 4.99 Å². The molecule has 4 heteroatoms. The molecule has 0 fully saturated rings. The van der Waals surface area contributed by atoms with E-state index < -0.39 is 0 Å². The molecule has 0 spiro atoms. The summed E-state index contributed by atoms with van der Waals surface area (Å²) < 4.78 is 5.38. The number of rotatable bonds is 5. The van der Waals surface area contributed by atoms with Crippen molar-refractivity contribution in [1.29, 1.82) is 0 Å². The molecule has 1 aliphatic heterocycles. The molecule has 1 aliphatic rings. The molecule has 0 radical (unpaired) electrons. The number of ether oxygens (including phenoxy) is 1. The first kappa shape index (κ1) is 11.9. The first-order valence-corrected chi connectivity index (χ1v) is 5.67. The minimum absolute atomic E-state index is 0.196. The van der Waals surface area contributed by atoms with Crippen molar-refractivity contribution in [1.82, 2.24) is 5.32 Å². The van der Waals surface area contributed by atoms with Gasteiger partial charge in [0.25, 0.3) is 0 Å². The highest BCUT2D eigenvalue weighted by molar-refractivity contribution is 5.77. The van der Waals surface area contributed by atoms with Crippen molar-refractivity contribution in [3.8, 4) is 0 Å². The number of hydrogen-bond acceptors (Lipinski definition) is 2. The monoisotopic (exact) mass is 211 g/mol. The van der Waals surface area contributed by atoms with Crippen LogP contribution in [0, 0.1) is 0 Å². The van der Waals surface area contributed by atoms with E-state index in [0.717, 1.165) is 32.2 Å². The number of nitrogens with zero attached hydrogens (tertiary/aromatic N) is 1. The van der Waals surface area contributed by atoms with Crippen LogP contribution in [0.2, 0.25) is 0 Å². The zero-order chi connectivity index (χ0) is 10.9. The summed E-state index contributed by atoms with van der Waals surface area (Å²) in [5, 5.41) is 3.08. The molecule has 1 rings (SSSR count). The van der Waals surface area contributed by atoms with Gasteiger partial charge in [-0.2, -0.15) is 0 Å². The molecule has 0 saturated heterocycles. The minimum Gasteiger partial charge on any atom is -0.496 e. The van der Waals surface area contributed by atoms with Crippen LogP contribution in [-0.4, -0.2) is 25.2 Å². The summed E-state index contributed by atoms with van der Waals surface area (Å²) in [5.74, 6) is 0.529. The predicted molar refractivity (Wildman–Crippen MR) is 62.6 cm³/mol.